The number of ether oxygens (including phenoxy) is 1. The van der Waals surface area contributed by atoms with Gasteiger partial charge in [0, 0.05) is 32.0 Å². The first-order valence-electron chi connectivity index (χ1n) is 10.1. The third-order valence-corrected chi connectivity index (χ3v) is 5.88. The quantitative estimate of drug-likeness (QED) is 0.273. The molecule has 0 aliphatic carbocycles. The highest BCUT2D eigenvalue weighted by Gasteiger charge is 2.32. The minimum Gasteiger partial charge on any atom is -0.464 e. The standard InChI is InChI=1S/C20H24N8O6S/c1-11(2)25-34-20-23-17(21-18(24-20)27(3)4)22-19(30)26-35(31,32)15-12-9-7-8-10-13(12)28(5)14(15)16(29)33-6/h7-10H,1-6H3,(H2,21,22,23,24,26,30). The zero-order chi connectivity index (χ0) is 25.9. The maximum absolute atomic E-state index is 13.2. The number of fused-ring (bicyclic) bond motifs is 1. The number of hydrogen-bond donors (Lipinski definition) is 2. The molecule has 2 aromatic heterocycles. The number of amides is 2. The van der Waals surface area contributed by atoms with Crippen LogP contribution in [0.1, 0.15) is 24.3 Å². The van der Waals surface area contributed by atoms with E-state index in [0.29, 0.717) is 11.2 Å². The van der Waals surface area contributed by atoms with Gasteiger partial charge in [-0.1, -0.05) is 23.4 Å². The van der Waals surface area contributed by atoms with Gasteiger partial charge in [0.05, 0.1) is 12.8 Å². The molecule has 0 aliphatic rings. The molecule has 0 atom stereocenters. The van der Waals surface area contributed by atoms with Gasteiger partial charge in [-0.25, -0.2) is 22.7 Å². The number of nitrogens with one attached hydrogen (secondary N) is 2. The Morgan fingerprint density at radius 3 is 2.43 bits per heavy atom. The van der Waals surface area contributed by atoms with Gasteiger partial charge in [-0.2, -0.15) is 15.0 Å². The number of sulfonamides is 1. The van der Waals surface area contributed by atoms with Gasteiger partial charge in [0.1, 0.15) is 10.6 Å². The molecule has 3 rings (SSSR count). The van der Waals surface area contributed by atoms with E-state index in [2.05, 4.69) is 25.4 Å². The van der Waals surface area contributed by atoms with Crippen molar-refractivity contribution in [1.29, 1.82) is 0 Å². The molecule has 35 heavy (non-hydrogen) atoms. The molecule has 15 heteroatoms. The lowest BCUT2D eigenvalue weighted by Gasteiger charge is -2.13. The second-order valence-corrected chi connectivity index (χ2v) is 9.19. The van der Waals surface area contributed by atoms with Crippen LogP contribution in [0.4, 0.5) is 16.7 Å². The van der Waals surface area contributed by atoms with Crippen LogP contribution in [-0.2, 0) is 21.8 Å². The van der Waals surface area contributed by atoms with E-state index in [4.69, 9.17) is 9.57 Å². The van der Waals surface area contributed by atoms with Crippen LogP contribution < -0.4 is 19.8 Å². The molecule has 0 aliphatic heterocycles. The number of carbonyl (C=O) groups excluding carboxylic acids is 2. The Morgan fingerprint density at radius 1 is 1.11 bits per heavy atom. The molecule has 0 radical (unpaired) electrons. The molecule has 186 valence electrons. The predicted molar refractivity (Wildman–Crippen MR) is 127 cm³/mol. The van der Waals surface area contributed by atoms with E-state index in [9.17, 15) is 18.0 Å². The Balaban J connectivity index is 1.96. The first kappa shape index (κ1) is 25.4. The van der Waals surface area contributed by atoms with Crippen molar-refractivity contribution in [2.75, 3.05) is 31.4 Å². The lowest BCUT2D eigenvalue weighted by atomic mass is 10.2. The van der Waals surface area contributed by atoms with Crippen molar-refractivity contribution in [3.8, 4) is 6.01 Å². The Labute approximate surface area is 201 Å². The van der Waals surface area contributed by atoms with Crippen molar-refractivity contribution in [1.82, 2.24) is 24.2 Å². The summed E-state index contributed by atoms with van der Waals surface area (Å²) in [6, 6.07) is 5.06. The monoisotopic (exact) mass is 504 g/mol. The molecule has 3 aromatic rings. The van der Waals surface area contributed by atoms with E-state index in [0.717, 1.165) is 7.11 Å². The summed E-state index contributed by atoms with van der Waals surface area (Å²) in [5.74, 6) is -1.05. The molecule has 0 spiro atoms. The number of aromatic nitrogens is 4. The first-order valence-corrected chi connectivity index (χ1v) is 11.5. The van der Waals surface area contributed by atoms with Crippen molar-refractivity contribution in [2.45, 2.75) is 18.7 Å². The molecule has 0 saturated heterocycles. The van der Waals surface area contributed by atoms with Crippen molar-refractivity contribution < 1.29 is 27.6 Å². The summed E-state index contributed by atoms with van der Waals surface area (Å²) in [5.41, 5.74) is 0.800. The number of aryl methyl sites for hydroxylation is 1. The zero-order valence-electron chi connectivity index (χ0n) is 19.9. The average molecular weight is 505 g/mol. The van der Waals surface area contributed by atoms with E-state index < -0.39 is 26.9 Å². The summed E-state index contributed by atoms with van der Waals surface area (Å²) in [6.07, 6.45) is 0. The van der Waals surface area contributed by atoms with Gasteiger partial charge in [-0.15, -0.1) is 0 Å². The number of hydrogen-bond acceptors (Lipinski definition) is 11. The lowest BCUT2D eigenvalue weighted by Crippen LogP contribution is -2.36. The fourth-order valence-corrected chi connectivity index (χ4v) is 4.37. The third-order valence-electron chi connectivity index (χ3n) is 4.47. The maximum atomic E-state index is 13.2. The molecule has 2 amide bonds. The van der Waals surface area contributed by atoms with Crippen LogP contribution in [0.3, 0.4) is 0 Å². The SMILES string of the molecule is COC(=O)c1c(S(=O)(=O)NC(=O)Nc2nc(ON=C(C)C)nc(N(C)C)n2)c2ccccc2n1C. The fourth-order valence-electron chi connectivity index (χ4n) is 3.03. The van der Waals surface area contributed by atoms with E-state index in [1.165, 1.54) is 22.6 Å². The van der Waals surface area contributed by atoms with Gasteiger partial charge in [-0.3, -0.25) is 5.32 Å². The van der Waals surface area contributed by atoms with Crippen LogP contribution in [-0.4, -0.2) is 66.9 Å². The number of rotatable bonds is 7. The zero-order valence-corrected chi connectivity index (χ0v) is 20.7. The molecule has 1 aromatic carbocycles. The van der Waals surface area contributed by atoms with E-state index in [1.54, 1.807) is 46.1 Å². The minimum atomic E-state index is -4.55. The third kappa shape index (κ3) is 5.46. The van der Waals surface area contributed by atoms with Gasteiger partial charge in [-0.05, 0) is 19.9 Å². The van der Waals surface area contributed by atoms with Crippen LogP contribution >= 0.6 is 0 Å². The number of benzene rings is 1. The number of methoxy groups -OCH3 is 1. The van der Waals surface area contributed by atoms with Crippen LogP contribution in [0.15, 0.2) is 34.3 Å². The lowest BCUT2D eigenvalue weighted by molar-refractivity contribution is 0.0585. The molecule has 0 bridgehead atoms. The van der Waals surface area contributed by atoms with Crippen LogP contribution in [0.5, 0.6) is 6.01 Å². The normalized spacial score (nSPS) is 11.0. The average Bonchev–Trinajstić information content (AvgIpc) is 3.10. The minimum absolute atomic E-state index is 0.124. The number of esters is 1. The summed E-state index contributed by atoms with van der Waals surface area (Å²) in [6.45, 7) is 3.39. The Hall–Kier alpha value is -4.27. The number of urea groups is 1. The largest absolute Gasteiger partial charge is 0.464 e. The molecule has 0 fully saturated rings. The number of nitrogens with zero attached hydrogens (tertiary/aromatic N) is 6. The smallest absolute Gasteiger partial charge is 0.356 e. The van der Waals surface area contributed by atoms with E-state index in [1.807, 2.05) is 4.72 Å². The number of oxime groups is 1. The highest BCUT2D eigenvalue weighted by molar-refractivity contribution is 7.90. The molecule has 2 N–H and O–H groups in total. The summed E-state index contributed by atoms with van der Waals surface area (Å²) in [5, 5.41) is 6.23. The summed E-state index contributed by atoms with van der Waals surface area (Å²) in [4.78, 5) is 43.3. The maximum Gasteiger partial charge on any atom is 0.356 e. The Morgan fingerprint density at radius 2 is 1.80 bits per heavy atom. The number of carbonyl (C=O) groups is 2. The molecular weight excluding hydrogens is 480 g/mol. The summed E-state index contributed by atoms with van der Waals surface area (Å²) < 4.78 is 34.5. The first-order chi connectivity index (χ1) is 16.4. The van der Waals surface area contributed by atoms with E-state index in [-0.39, 0.29) is 29.0 Å². The molecular formula is C20H24N8O6S. The van der Waals surface area contributed by atoms with Gasteiger partial charge in [0.2, 0.25) is 11.9 Å². The second-order valence-electron chi connectivity index (χ2n) is 7.57. The van der Waals surface area contributed by atoms with Crippen molar-refractivity contribution >= 4 is 50.5 Å². The number of anilines is 2. The molecule has 0 unspecified atom stereocenters. The molecule has 2 heterocycles. The van der Waals surface area contributed by atoms with Crippen molar-refractivity contribution in [2.24, 2.45) is 12.2 Å². The Kier molecular flexibility index (Phi) is 7.19. The topological polar surface area (TPSA) is 170 Å². The van der Waals surface area contributed by atoms with E-state index >= 15 is 0 Å². The predicted octanol–water partition coefficient (Wildman–Crippen LogP) is 1.50. The molecule has 14 nitrogen and oxygen atoms in total. The summed E-state index contributed by atoms with van der Waals surface area (Å²) >= 11 is 0. The van der Waals surface area contributed by atoms with Gasteiger partial charge in [0.25, 0.3) is 10.0 Å². The molecule has 0 saturated carbocycles. The van der Waals surface area contributed by atoms with Gasteiger partial charge >= 0.3 is 18.0 Å². The van der Waals surface area contributed by atoms with Gasteiger partial charge in [0.15, 0.2) is 0 Å². The fraction of sp³-hybridized carbons (Fsp3) is 0.300. The summed E-state index contributed by atoms with van der Waals surface area (Å²) in [7, 11) is 1.40. The van der Waals surface area contributed by atoms with Crippen LogP contribution in [0.2, 0.25) is 0 Å². The Bertz CT molecular complexity index is 1430. The van der Waals surface area contributed by atoms with Crippen molar-refractivity contribution in [3.05, 3.63) is 30.0 Å². The number of para-hydroxylation sites is 1. The second kappa shape index (κ2) is 9.92. The van der Waals surface area contributed by atoms with Gasteiger partial charge < -0.3 is 19.0 Å². The highest BCUT2D eigenvalue weighted by atomic mass is 32.2. The van der Waals surface area contributed by atoms with Crippen molar-refractivity contribution in [3.63, 3.8) is 0 Å². The highest BCUT2D eigenvalue weighted by Crippen LogP contribution is 2.30. The van der Waals surface area contributed by atoms with Crippen LogP contribution in [0, 0.1) is 0 Å². The van der Waals surface area contributed by atoms with Crippen LogP contribution in [0.25, 0.3) is 10.9 Å².